The third kappa shape index (κ3) is 2.80. The SMILES string of the molecule is CC(C)(C)OC(=O)N[C@]12CNC[C@H]1[C@H](C(F)(F)F)C2. The van der Waals surface area contributed by atoms with Gasteiger partial charge < -0.3 is 15.4 Å². The first-order valence-electron chi connectivity index (χ1n) is 6.32. The van der Waals surface area contributed by atoms with Gasteiger partial charge in [0.05, 0.1) is 11.5 Å². The summed E-state index contributed by atoms with van der Waals surface area (Å²) in [6, 6.07) is 0. The van der Waals surface area contributed by atoms with Gasteiger partial charge in [0.1, 0.15) is 5.60 Å². The monoisotopic (exact) mass is 280 g/mol. The van der Waals surface area contributed by atoms with Crippen LogP contribution in [-0.2, 0) is 4.74 Å². The highest BCUT2D eigenvalue weighted by Gasteiger charge is 2.65. The van der Waals surface area contributed by atoms with Crippen LogP contribution < -0.4 is 10.6 Å². The van der Waals surface area contributed by atoms with Crippen molar-refractivity contribution in [3.8, 4) is 0 Å². The van der Waals surface area contributed by atoms with Gasteiger partial charge in [-0.15, -0.1) is 0 Å². The molecule has 1 saturated carbocycles. The Labute approximate surface area is 110 Å². The van der Waals surface area contributed by atoms with Crippen LogP contribution in [0.3, 0.4) is 0 Å². The molecule has 3 atom stereocenters. The molecule has 0 spiro atoms. The van der Waals surface area contributed by atoms with E-state index in [-0.39, 0.29) is 13.0 Å². The first-order chi connectivity index (χ1) is 8.54. The van der Waals surface area contributed by atoms with Crippen molar-refractivity contribution in [3.63, 3.8) is 0 Å². The molecule has 0 bridgehead atoms. The molecule has 1 saturated heterocycles. The van der Waals surface area contributed by atoms with E-state index in [0.717, 1.165) is 0 Å². The largest absolute Gasteiger partial charge is 0.444 e. The summed E-state index contributed by atoms with van der Waals surface area (Å²) >= 11 is 0. The Kier molecular flexibility index (Phi) is 3.24. The number of amides is 1. The number of rotatable bonds is 1. The van der Waals surface area contributed by atoms with Gasteiger partial charge in [0.25, 0.3) is 0 Å². The standard InChI is InChI=1S/C12H19F3N2O2/c1-10(2,3)19-9(18)17-11-4-7(12(13,14)15)8(11)5-16-6-11/h7-8,16H,4-6H2,1-3H3,(H,17,18)/t7-,8+,11-/m1/s1. The second kappa shape index (κ2) is 4.26. The van der Waals surface area contributed by atoms with Crippen LogP contribution in [0.5, 0.6) is 0 Å². The average molecular weight is 280 g/mol. The minimum atomic E-state index is -4.20. The molecule has 1 heterocycles. The molecule has 1 aliphatic carbocycles. The molecular weight excluding hydrogens is 261 g/mol. The van der Waals surface area contributed by atoms with Crippen molar-refractivity contribution >= 4 is 6.09 Å². The molecule has 4 nitrogen and oxygen atoms in total. The molecule has 2 fully saturated rings. The minimum Gasteiger partial charge on any atom is -0.444 e. The smallest absolute Gasteiger partial charge is 0.408 e. The number of carbonyl (C=O) groups excluding carboxylic acids is 1. The summed E-state index contributed by atoms with van der Waals surface area (Å²) in [6.45, 7) is 5.79. The minimum absolute atomic E-state index is 0.0760. The molecule has 0 radical (unpaired) electrons. The van der Waals surface area contributed by atoms with Crippen molar-refractivity contribution in [3.05, 3.63) is 0 Å². The topological polar surface area (TPSA) is 50.4 Å². The van der Waals surface area contributed by atoms with E-state index in [1.807, 2.05) is 0 Å². The van der Waals surface area contributed by atoms with Crippen LogP contribution >= 0.6 is 0 Å². The molecule has 2 rings (SSSR count). The fourth-order valence-corrected chi connectivity index (χ4v) is 2.94. The van der Waals surface area contributed by atoms with E-state index in [9.17, 15) is 18.0 Å². The predicted octanol–water partition coefficient (Wildman–Crippen LogP) is 2.05. The van der Waals surface area contributed by atoms with Crippen molar-refractivity contribution in [2.45, 2.75) is 44.5 Å². The first kappa shape index (κ1) is 14.4. The number of alkyl carbamates (subject to hydrolysis) is 1. The molecule has 19 heavy (non-hydrogen) atoms. The van der Waals surface area contributed by atoms with E-state index in [1.165, 1.54) is 0 Å². The fourth-order valence-electron chi connectivity index (χ4n) is 2.94. The fraction of sp³-hybridized carbons (Fsp3) is 0.917. The lowest BCUT2D eigenvalue weighted by Crippen LogP contribution is -2.67. The maximum Gasteiger partial charge on any atom is 0.408 e. The average Bonchev–Trinajstić information content (AvgIpc) is 2.40. The van der Waals surface area contributed by atoms with Gasteiger partial charge in [-0.1, -0.05) is 0 Å². The van der Waals surface area contributed by atoms with Gasteiger partial charge in [0, 0.05) is 19.0 Å². The van der Waals surface area contributed by atoms with E-state index < -0.39 is 35.2 Å². The van der Waals surface area contributed by atoms with E-state index >= 15 is 0 Å². The third-order valence-corrected chi connectivity index (χ3v) is 3.75. The highest BCUT2D eigenvalue weighted by atomic mass is 19.4. The third-order valence-electron chi connectivity index (χ3n) is 3.75. The van der Waals surface area contributed by atoms with Crippen LogP contribution in [0.4, 0.5) is 18.0 Å². The van der Waals surface area contributed by atoms with Gasteiger partial charge >= 0.3 is 12.3 Å². The van der Waals surface area contributed by atoms with Crippen molar-refractivity contribution in [1.82, 2.24) is 10.6 Å². The van der Waals surface area contributed by atoms with Crippen LogP contribution in [0.15, 0.2) is 0 Å². The molecule has 2 N–H and O–H groups in total. The van der Waals surface area contributed by atoms with Gasteiger partial charge in [-0.2, -0.15) is 13.2 Å². The van der Waals surface area contributed by atoms with Gasteiger partial charge in [-0.25, -0.2) is 4.79 Å². The molecular formula is C12H19F3N2O2. The zero-order chi connectivity index (χ0) is 14.5. The molecule has 7 heteroatoms. The van der Waals surface area contributed by atoms with E-state index in [1.54, 1.807) is 20.8 Å². The van der Waals surface area contributed by atoms with Gasteiger partial charge in [0.2, 0.25) is 0 Å². The lowest BCUT2D eigenvalue weighted by molar-refractivity contribution is -0.227. The van der Waals surface area contributed by atoms with E-state index in [0.29, 0.717) is 6.54 Å². The maximum atomic E-state index is 12.7. The molecule has 110 valence electrons. The maximum absolute atomic E-state index is 12.7. The van der Waals surface area contributed by atoms with Crippen molar-refractivity contribution in [2.75, 3.05) is 13.1 Å². The quantitative estimate of drug-likeness (QED) is 0.773. The van der Waals surface area contributed by atoms with Gasteiger partial charge in [-0.05, 0) is 27.2 Å². The Morgan fingerprint density at radius 2 is 2.00 bits per heavy atom. The van der Waals surface area contributed by atoms with Crippen LogP contribution in [-0.4, -0.2) is 36.5 Å². The second-order valence-corrected chi connectivity index (χ2v) is 6.37. The molecule has 0 aromatic rings. The first-order valence-corrected chi connectivity index (χ1v) is 6.32. The summed E-state index contributed by atoms with van der Waals surface area (Å²) in [5, 5.41) is 5.55. The number of carbonyl (C=O) groups is 1. The Hall–Kier alpha value is -0.980. The highest BCUT2D eigenvalue weighted by molar-refractivity contribution is 5.69. The summed E-state index contributed by atoms with van der Waals surface area (Å²) in [4.78, 5) is 11.7. The van der Waals surface area contributed by atoms with Crippen LogP contribution in [0.2, 0.25) is 0 Å². The zero-order valence-corrected chi connectivity index (χ0v) is 11.2. The number of fused-ring (bicyclic) bond motifs is 1. The van der Waals surface area contributed by atoms with E-state index in [2.05, 4.69) is 10.6 Å². The number of hydrogen-bond donors (Lipinski definition) is 2. The summed E-state index contributed by atoms with van der Waals surface area (Å²) in [5.74, 6) is -1.93. The summed E-state index contributed by atoms with van der Waals surface area (Å²) in [6.07, 6.45) is -4.93. The molecule has 2 aliphatic rings. The lowest BCUT2D eigenvalue weighted by atomic mass is 9.60. The van der Waals surface area contributed by atoms with E-state index in [4.69, 9.17) is 4.74 Å². The predicted molar refractivity (Wildman–Crippen MR) is 62.6 cm³/mol. The summed E-state index contributed by atoms with van der Waals surface area (Å²) in [5.41, 5.74) is -1.46. The van der Waals surface area contributed by atoms with Gasteiger partial charge in [-0.3, -0.25) is 0 Å². The molecule has 0 aromatic heterocycles. The lowest BCUT2D eigenvalue weighted by Gasteiger charge is -2.51. The van der Waals surface area contributed by atoms with Crippen molar-refractivity contribution in [2.24, 2.45) is 11.8 Å². The van der Waals surface area contributed by atoms with Crippen LogP contribution in [0.1, 0.15) is 27.2 Å². The number of ether oxygens (including phenoxy) is 1. The number of halogens is 3. The number of nitrogens with one attached hydrogen (secondary N) is 2. The van der Waals surface area contributed by atoms with Crippen LogP contribution in [0.25, 0.3) is 0 Å². The Morgan fingerprint density at radius 1 is 1.37 bits per heavy atom. The molecule has 0 aromatic carbocycles. The summed E-state index contributed by atoms with van der Waals surface area (Å²) in [7, 11) is 0. The van der Waals surface area contributed by atoms with Gasteiger partial charge in [0.15, 0.2) is 0 Å². The molecule has 1 amide bonds. The van der Waals surface area contributed by atoms with Crippen LogP contribution in [0, 0.1) is 11.8 Å². The molecule has 0 unspecified atom stereocenters. The Balaban J connectivity index is 1.99. The highest BCUT2D eigenvalue weighted by Crippen LogP contribution is 2.53. The second-order valence-electron chi connectivity index (χ2n) is 6.37. The van der Waals surface area contributed by atoms with Crippen molar-refractivity contribution < 1.29 is 22.7 Å². The Morgan fingerprint density at radius 3 is 2.53 bits per heavy atom. The zero-order valence-electron chi connectivity index (χ0n) is 11.2. The Bertz CT molecular complexity index is 378. The number of hydrogen-bond acceptors (Lipinski definition) is 3. The van der Waals surface area contributed by atoms with Crippen molar-refractivity contribution in [1.29, 1.82) is 0 Å². The normalized spacial score (nSPS) is 34.4. The number of alkyl halides is 3. The molecule has 1 aliphatic heterocycles. The summed E-state index contributed by atoms with van der Waals surface area (Å²) < 4.78 is 43.3.